The SMILES string of the molecule is Cc1ccc(C(C)(C(=O)O)N2CCNCC2)c(C)c1. The van der Waals surface area contributed by atoms with Crippen molar-refractivity contribution in [1.82, 2.24) is 10.2 Å². The van der Waals surface area contributed by atoms with Crippen LogP contribution in [0.4, 0.5) is 0 Å². The average Bonchev–Trinajstić information content (AvgIpc) is 2.38. The molecule has 0 aromatic heterocycles. The molecule has 0 spiro atoms. The Balaban J connectivity index is 2.46. The van der Waals surface area contributed by atoms with Crippen LogP contribution in [0, 0.1) is 13.8 Å². The molecule has 2 N–H and O–H groups in total. The third-order valence-corrected chi connectivity index (χ3v) is 4.07. The molecule has 1 saturated heterocycles. The van der Waals surface area contributed by atoms with E-state index in [4.69, 9.17) is 0 Å². The number of piperazine rings is 1. The van der Waals surface area contributed by atoms with E-state index in [0.717, 1.165) is 42.9 Å². The van der Waals surface area contributed by atoms with Gasteiger partial charge in [-0.3, -0.25) is 4.90 Å². The van der Waals surface area contributed by atoms with Crippen molar-refractivity contribution in [2.24, 2.45) is 0 Å². The quantitative estimate of drug-likeness (QED) is 0.867. The standard InChI is InChI=1S/C15H22N2O2/c1-11-4-5-13(12(2)10-11)15(3,14(18)19)17-8-6-16-7-9-17/h4-5,10,16H,6-9H2,1-3H3,(H,18,19). The largest absolute Gasteiger partial charge is 0.480 e. The Bertz CT molecular complexity index is 481. The maximum Gasteiger partial charge on any atom is 0.328 e. The Morgan fingerprint density at radius 2 is 1.95 bits per heavy atom. The molecular weight excluding hydrogens is 240 g/mol. The van der Waals surface area contributed by atoms with Crippen molar-refractivity contribution >= 4 is 5.97 Å². The van der Waals surface area contributed by atoms with Crippen molar-refractivity contribution < 1.29 is 9.90 Å². The third kappa shape index (κ3) is 2.51. The number of aryl methyl sites for hydroxylation is 2. The summed E-state index contributed by atoms with van der Waals surface area (Å²) < 4.78 is 0. The van der Waals surface area contributed by atoms with Crippen LogP contribution in [-0.2, 0) is 10.3 Å². The first-order valence-corrected chi connectivity index (χ1v) is 6.73. The average molecular weight is 262 g/mol. The molecule has 19 heavy (non-hydrogen) atoms. The van der Waals surface area contributed by atoms with Crippen LogP contribution in [-0.4, -0.2) is 42.2 Å². The van der Waals surface area contributed by atoms with Crippen molar-refractivity contribution in [2.45, 2.75) is 26.3 Å². The summed E-state index contributed by atoms with van der Waals surface area (Å²) in [5.41, 5.74) is 2.16. The number of rotatable bonds is 3. The summed E-state index contributed by atoms with van der Waals surface area (Å²) in [4.78, 5) is 14.0. The summed E-state index contributed by atoms with van der Waals surface area (Å²) in [6.45, 7) is 9.04. The van der Waals surface area contributed by atoms with E-state index >= 15 is 0 Å². The van der Waals surface area contributed by atoms with Gasteiger partial charge in [0.1, 0.15) is 5.54 Å². The van der Waals surface area contributed by atoms with Crippen LogP contribution < -0.4 is 5.32 Å². The summed E-state index contributed by atoms with van der Waals surface area (Å²) >= 11 is 0. The zero-order valence-electron chi connectivity index (χ0n) is 11.9. The van der Waals surface area contributed by atoms with Gasteiger partial charge >= 0.3 is 5.97 Å². The lowest BCUT2D eigenvalue weighted by atomic mass is 9.85. The van der Waals surface area contributed by atoms with Crippen molar-refractivity contribution in [3.8, 4) is 0 Å². The van der Waals surface area contributed by atoms with Crippen LogP contribution in [0.25, 0.3) is 0 Å². The van der Waals surface area contributed by atoms with Gasteiger partial charge in [0.2, 0.25) is 0 Å². The van der Waals surface area contributed by atoms with Gasteiger partial charge in [-0.2, -0.15) is 0 Å². The first-order chi connectivity index (χ1) is 8.96. The Kier molecular flexibility index (Phi) is 3.92. The first kappa shape index (κ1) is 14.0. The van der Waals surface area contributed by atoms with Crippen molar-refractivity contribution in [2.75, 3.05) is 26.2 Å². The highest BCUT2D eigenvalue weighted by atomic mass is 16.4. The molecular formula is C15H22N2O2. The lowest BCUT2D eigenvalue weighted by Gasteiger charge is -2.41. The zero-order valence-corrected chi connectivity index (χ0v) is 11.9. The number of carboxylic acid groups (broad SMARTS) is 1. The van der Waals surface area contributed by atoms with Crippen molar-refractivity contribution in [3.05, 3.63) is 34.9 Å². The topological polar surface area (TPSA) is 52.6 Å². The maximum absolute atomic E-state index is 11.9. The minimum atomic E-state index is -0.945. The van der Waals surface area contributed by atoms with Gasteiger partial charge in [-0.15, -0.1) is 0 Å². The molecule has 1 heterocycles. The Morgan fingerprint density at radius 3 is 2.47 bits per heavy atom. The van der Waals surface area contributed by atoms with Gasteiger partial charge in [0.25, 0.3) is 0 Å². The Labute approximate surface area is 114 Å². The molecule has 1 unspecified atom stereocenters. The molecule has 0 amide bonds. The van der Waals surface area contributed by atoms with E-state index in [1.807, 2.05) is 32.9 Å². The molecule has 2 rings (SSSR count). The molecule has 1 fully saturated rings. The van der Waals surface area contributed by atoms with Crippen LogP contribution in [0.1, 0.15) is 23.6 Å². The molecule has 1 aromatic rings. The van der Waals surface area contributed by atoms with Crippen LogP contribution in [0.2, 0.25) is 0 Å². The monoisotopic (exact) mass is 262 g/mol. The van der Waals surface area contributed by atoms with Gasteiger partial charge < -0.3 is 10.4 Å². The van der Waals surface area contributed by atoms with E-state index in [2.05, 4.69) is 16.3 Å². The van der Waals surface area contributed by atoms with Crippen LogP contribution >= 0.6 is 0 Å². The summed E-state index contributed by atoms with van der Waals surface area (Å²) in [5.74, 6) is -0.777. The molecule has 1 atom stereocenters. The lowest BCUT2D eigenvalue weighted by molar-refractivity contribution is -0.151. The highest BCUT2D eigenvalue weighted by Crippen LogP contribution is 2.31. The van der Waals surface area contributed by atoms with Gasteiger partial charge in [0.05, 0.1) is 0 Å². The maximum atomic E-state index is 11.9. The zero-order chi connectivity index (χ0) is 14.0. The van der Waals surface area contributed by atoms with Gasteiger partial charge in [-0.05, 0) is 31.9 Å². The van der Waals surface area contributed by atoms with Crippen molar-refractivity contribution in [1.29, 1.82) is 0 Å². The molecule has 0 saturated carbocycles. The van der Waals surface area contributed by atoms with Crippen LogP contribution in [0.15, 0.2) is 18.2 Å². The highest BCUT2D eigenvalue weighted by Gasteiger charge is 2.42. The lowest BCUT2D eigenvalue weighted by Crippen LogP contribution is -2.56. The number of nitrogens with zero attached hydrogens (tertiary/aromatic N) is 1. The molecule has 1 aromatic carbocycles. The number of nitrogens with one attached hydrogen (secondary N) is 1. The van der Waals surface area contributed by atoms with E-state index in [1.165, 1.54) is 0 Å². The summed E-state index contributed by atoms with van der Waals surface area (Å²) in [6.07, 6.45) is 0. The number of aliphatic carboxylic acids is 1. The van der Waals surface area contributed by atoms with Gasteiger partial charge in [-0.25, -0.2) is 4.79 Å². The molecule has 4 heteroatoms. The third-order valence-electron chi connectivity index (χ3n) is 4.07. The smallest absolute Gasteiger partial charge is 0.328 e. The fraction of sp³-hybridized carbons (Fsp3) is 0.533. The molecule has 0 radical (unpaired) electrons. The van der Waals surface area contributed by atoms with Gasteiger partial charge in [-0.1, -0.05) is 23.8 Å². The molecule has 1 aliphatic rings. The van der Waals surface area contributed by atoms with Gasteiger partial charge in [0, 0.05) is 26.2 Å². The summed E-state index contributed by atoms with van der Waals surface area (Å²) in [5, 5.41) is 13.0. The fourth-order valence-corrected chi connectivity index (χ4v) is 2.89. The summed E-state index contributed by atoms with van der Waals surface area (Å²) in [6, 6.07) is 6.01. The highest BCUT2D eigenvalue weighted by molar-refractivity contribution is 5.81. The predicted molar refractivity (Wildman–Crippen MR) is 75.3 cm³/mol. The number of hydrogen-bond acceptors (Lipinski definition) is 3. The Hall–Kier alpha value is -1.39. The van der Waals surface area contributed by atoms with E-state index in [1.54, 1.807) is 0 Å². The minimum Gasteiger partial charge on any atom is -0.480 e. The number of carbonyl (C=O) groups is 1. The van der Waals surface area contributed by atoms with Crippen molar-refractivity contribution in [3.63, 3.8) is 0 Å². The molecule has 104 valence electrons. The number of carboxylic acids is 1. The second-order valence-electron chi connectivity index (χ2n) is 5.43. The fourth-order valence-electron chi connectivity index (χ4n) is 2.89. The number of benzene rings is 1. The molecule has 4 nitrogen and oxygen atoms in total. The van der Waals surface area contributed by atoms with E-state index in [-0.39, 0.29) is 0 Å². The van der Waals surface area contributed by atoms with Gasteiger partial charge in [0.15, 0.2) is 0 Å². The van der Waals surface area contributed by atoms with E-state index in [9.17, 15) is 9.90 Å². The number of hydrogen-bond donors (Lipinski definition) is 2. The Morgan fingerprint density at radius 1 is 1.32 bits per heavy atom. The molecule has 0 bridgehead atoms. The minimum absolute atomic E-state index is 0.760. The van der Waals surface area contributed by atoms with E-state index < -0.39 is 11.5 Å². The first-order valence-electron chi connectivity index (χ1n) is 6.73. The second-order valence-corrected chi connectivity index (χ2v) is 5.43. The molecule has 1 aliphatic heterocycles. The molecule has 0 aliphatic carbocycles. The van der Waals surface area contributed by atoms with Crippen LogP contribution in [0.3, 0.4) is 0 Å². The van der Waals surface area contributed by atoms with E-state index in [0.29, 0.717) is 0 Å². The predicted octanol–water partition coefficient (Wildman–Crippen LogP) is 1.51. The summed E-state index contributed by atoms with van der Waals surface area (Å²) in [7, 11) is 0. The second kappa shape index (κ2) is 5.31. The normalized spacial score (nSPS) is 19.9. The van der Waals surface area contributed by atoms with Crippen LogP contribution in [0.5, 0.6) is 0 Å².